The highest BCUT2D eigenvalue weighted by molar-refractivity contribution is 7.99. The van der Waals surface area contributed by atoms with E-state index in [1.165, 1.54) is 18.2 Å². The van der Waals surface area contributed by atoms with E-state index >= 15 is 0 Å². The molecule has 0 atom stereocenters. The number of carbonyl (C=O) groups is 1. The van der Waals surface area contributed by atoms with Gasteiger partial charge in [-0.25, -0.2) is 13.8 Å². The molecular formula is C18H11ClF5N3O2S. The highest BCUT2D eigenvalue weighted by Crippen LogP contribution is 2.24. The number of fused-ring (bicyclic) bond motifs is 1. The standard InChI is InChI=1S/C18H11ClF5N3O2S/c19-9-1-3-13-11(5-9)16(29)27(14-4-2-10(20)6-12(14)21)17(26-13)30-7-15(28)25-8-18(22,23)24/h1-6H,7-8H2,(H,25,28). The van der Waals surface area contributed by atoms with Crippen molar-refractivity contribution in [3.8, 4) is 5.69 Å². The zero-order valence-electron chi connectivity index (χ0n) is 14.8. The van der Waals surface area contributed by atoms with E-state index in [0.717, 1.165) is 16.7 Å². The van der Waals surface area contributed by atoms with Crippen LogP contribution in [0.2, 0.25) is 5.02 Å². The number of benzene rings is 2. The van der Waals surface area contributed by atoms with Crippen LogP contribution >= 0.6 is 23.4 Å². The molecular weight excluding hydrogens is 453 g/mol. The number of amides is 1. The van der Waals surface area contributed by atoms with E-state index < -0.39 is 41.6 Å². The molecule has 1 amide bonds. The summed E-state index contributed by atoms with van der Waals surface area (Å²) in [7, 11) is 0. The second kappa shape index (κ2) is 8.60. The van der Waals surface area contributed by atoms with Crippen molar-refractivity contribution in [2.75, 3.05) is 12.3 Å². The third kappa shape index (κ3) is 5.08. The summed E-state index contributed by atoms with van der Waals surface area (Å²) in [5, 5.41) is 1.79. The van der Waals surface area contributed by atoms with E-state index in [4.69, 9.17) is 11.6 Å². The smallest absolute Gasteiger partial charge is 0.346 e. The van der Waals surface area contributed by atoms with Gasteiger partial charge in [-0.2, -0.15) is 13.2 Å². The lowest BCUT2D eigenvalue weighted by Gasteiger charge is -2.14. The Bertz CT molecular complexity index is 1180. The fraction of sp³-hybridized carbons (Fsp3) is 0.167. The predicted octanol–water partition coefficient (Wildman–Crippen LogP) is 4.09. The lowest BCUT2D eigenvalue weighted by molar-refractivity contribution is -0.136. The predicted molar refractivity (Wildman–Crippen MR) is 102 cm³/mol. The second-order valence-corrected chi connectivity index (χ2v) is 7.35. The number of nitrogens with one attached hydrogen (secondary N) is 1. The maximum atomic E-state index is 14.4. The fourth-order valence-corrected chi connectivity index (χ4v) is 3.50. The number of rotatable bonds is 5. The van der Waals surface area contributed by atoms with Crippen molar-refractivity contribution in [2.45, 2.75) is 11.3 Å². The van der Waals surface area contributed by atoms with Crippen molar-refractivity contribution in [2.24, 2.45) is 0 Å². The normalized spacial score (nSPS) is 11.7. The van der Waals surface area contributed by atoms with Crippen LogP contribution in [-0.4, -0.2) is 33.9 Å². The Kier molecular flexibility index (Phi) is 6.32. The Hall–Kier alpha value is -2.66. The van der Waals surface area contributed by atoms with Crippen LogP contribution < -0.4 is 10.9 Å². The van der Waals surface area contributed by atoms with Gasteiger partial charge in [0.1, 0.15) is 18.2 Å². The van der Waals surface area contributed by atoms with Crippen LogP contribution in [0.4, 0.5) is 22.0 Å². The van der Waals surface area contributed by atoms with E-state index in [-0.39, 0.29) is 26.8 Å². The molecule has 158 valence electrons. The molecule has 12 heteroatoms. The average Bonchev–Trinajstić information content (AvgIpc) is 2.66. The summed E-state index contributed by atoms with van der Waals surface area (Å²) in [6.07, 6.45) is -4.58. The molecule has 0 aliphatic carbocycles. The number of hydrogen-bond donors (Lipinski definition) is 1. The van der Waals surface area contributed by atoms with Gasteiger partial charge in [0, 0.05) is 11.1 Å². The Balaban J connectivity index is 2.05. The Labute approximate surface area is 174 Å². The molecule has 2 aromatic carbocycles. The molecule has 0 unspecified atom stereocenters. The molecule has 3 aromatic rings. The first-order valence-electron chi connectivity index (χ1n) is 8.19. The quantitative estimate of drug-likeness (QED) is 0.352. The number of carbonyl (C=O) groups excluding carboxylic acids is 1. The van der Waals surface area contributed by atoms with Crippen molar-refractivity contribution in [1.82, 2.24) is 14.9 Å². The van der Waals surface area contributed by atoms with Gasteiger partial charge in [-0.05, 0) is 30.3 Å². The molecule has 0 saturated heterocycles. The Morgan fingerprint density at radius 3 is 2.57 bits per heavy atom. The molecule has 3 rings (SSSR count). The van der Waals surface area contributed by atoms with Gasteiger partial charge in [-0.3, -0.25) is 14.2 Å². The van der Waals surface area contributed by atoms with Crippen LogP contribution in [0.1, 0.15) is 0 Å². The average molecular weight is 464 g/mol. The lowest BCUT2D eigenvalue weighted by Crippen LogP contribution is -2.35. The number of aromatic nitrogens is 2. The summed E-state index contributed by atoms with van der Waals surface area (Å²) in [6, 6.07) is 6.71. The van der Waals surface area contributed by atoms with E-state index in [9.17, 15) is 31.5 Å². The monoisotopic (exact) mass is 463 g/mol. The molecule has 0 aliphatic heterocycles. The largest absolute Gasteiger partial charge is 0.405 e. The summed E-state index contributed by atoms with van der Waals surface area (Å²) in [5.74, 6) is -3.43. The van der Waals surface area contributed by atoms with Crippen LogP contribution in [0.15, 0.2) is 46.3 Å². The first-order chi connectivity index (χ1) is 14.0. The zero-order valence-corrected chi connectivity index (χ0v) is 16.3. The number of thioether (sulfide) groups is 1. The number of hydrogen-bond acceptors (Lipinski definition) is 4. The lowest BCUT2D eigenvalue weighted by atomic mass is 10.2. The fourth-order valence-electron chi connectivity index (χ4n) is 2.49. The minimum absolute atomic E-state index is 0.0390. The van der Waals surface area contributed by atoms with Crippen molar-refractivity contribution in [3.05, 3.63) is 63.4 Å². The van der Waals surface area contributed by atoms with E-state index in [0.29, 0.717) is 17.8 Å². The van der Waals surface area contributed by atoms with Crippen molar-refractivity contribution in [3.63, 3.8) is 0 Å². The summed E-state index contributed by atoms with van der Waals surface area (Å²) in [6.45, 7) is -1.52. The van der Waals surface area contributed by atoms with Gasteiger partial charge in [-0.15, -0.1) is 0 Å². The SMILES string of the molecule is O=C(CSc1nc2ccc(Cl)cc2c(=O)n1-c1ccc(F)cc1F)NCC(F)(F)F. The second-order valence-electron chi connectivity index (χ2n) is 5.97. The summed E-state index contributed by atoms with van der Waals surface area (Å²) in [4.78, 5) is 28.9. The molecule has 1 heterocycles. The molecule has 30 heavy (non-hydrogen) atoms. The van der Waals surface area contributed by atoms with E-state index in [1.54, 1.807) is 5.32 Å². The molecule has 1 N–H and O–H groups in total. The van der Waals surface area contributed by atoms with Crippen molar-refractivity contribution in [1.29, 1.82) is 0 Å². The topological polar surface area (TPSA) is 64.0 Å². The maximum absolute atomic E-state index is 14.4. The number of alkyl halides is 3. The number of halogens is 6. The van der Waals surface area contributed by atoms with Crippen LogP contribution in [-0.2, 0) is 4.79 Å². The van der Waals surface area contributed by atoms with Crippen LogP contribution in [0.5, 0.6) is 0 Å². The minimum Gasteiger partial charge on any atom is -0.346 e. The highest BCUT2D eigenvalue weighted by Gasteiger charge is 2.27. The Morgan fingerprint density at radius 2 is 1.90 bits per heavy atom. The molecule has 0 bridgehead atoms. The molecule has 0 aliphatic rings. The third-order valence-electron chi connectivity index (χ3n) is 3.77. The van der Waals surface area contributed by atoms with Crippen molar-refractivity contribution >= 4 is 40.2 Å². The first-order valence-corrected chi connectivity index (χ1v) is 9.55. The molecule has 0 spiro atoms. The van der Waals surface area contributed by atoms with Gasteiger partial charge in [0.2, 0.25) is 5.91 Å². The minimum atomic E-state index is -4.58. The highest BCUT2D eigenvalue weighted by atomic mass is 35.5. The molecule has 1 aromatic heterocycles. The summed E-state index contributed by atoms with van der Waals surface area (Å²) >= 11 is 6.53. The number of nitrogens with zero attached hydrogens (tertiary/aromatic N) is 2. The van der Waals surface area contributed by atoms with Gasteiger partial charge in [0.05, 0.1) is 22.3 Å². The van der Waals surface area contributed by atoms with Gasteiger partial charge < -0.3 is 5.32 Å². The van der Waals surface area contributed by atoms with Gasteiger partial charge in [0.15, 0.2) is 5.16 Å². The third-order valence-corrected chi connectivity index (χ3v) is 4.94. The van der Waals surface area contributed by atoms with Gasteiger partial charge >= 0.3 is 6.18 Å². The molecule has 0 fully saturated rings. The molecule has 0 saturated carbocycles. The van der Waals surface area contributed by atoms with Crippen LogP contribution in [0, 0.1) is 11.6 Å². The molecule has 5 nitrogen and oxygen atoms in total. The first kappa shape index (κ1) is 22.0. The summed E-state index contributed by atoms with van der Waals surface area (Å²) < 4.78 is 65.2. The zero-order chi connectivity index (χ0) is 22.1. The van der Waals surface area contributed by atoms with E-state index in [2.05, 4.69) is 4.98 Å². The van der Waals surface area contributed by atoms with Crippen LogP contribution in [0.25, 0.3) is 16.6 Å². The maximum Gasteiger partial charge on any atom is 0.405 e. The Morgan fingerprint density at radius 1 is 1.17 bits per heavy atom. The van der Waals surface area contributed by atoms with Gasteiger partial charge in [0.25, 0.3) is 5.56 Å². The van der Waals surface area contributed by atoms with Crippen LogP contribution in [0.3, 0.4) is 0 Å². The molecule has 0 radical (unpaired) electrons. The summed E-state index contributed by atoms with van der Waals surface area (Å²) in [5.41, 5.74) is -0.901. The van der Waals surface area contributed by atoms with E-state index in [1.807, 2.05) is 0 Å². The van der Waals surface area contributed by atoms with Crippen molar-refractivity contribution < 1.29 is 26.7 Å². The van der Waals surface area contributed by atoms with Gasteiger partial charge in [-0.1, -0.05) is 23.4 Å².